The fourth-order valence-corrected chi connectivity index (χ4v) is 3.09. The highest BCUT2D eigenvalue weighted by Crippen LogP contribution is 2.28. The number of methoxy groups -OCH3 is 1. The van der Waals surface area contributed by atoms with Gasteiger partial charge in [-0.05, 0) is 24.3 Å². The van der Waals surface area contributed by atoms with Gasteiger partial charge < -0.3 is 14.6 Å². The summed E-state index contributed by atoms with van der Waals surface area (Å²) >= 11 is -0.919. The molecule has 0 bridgehead atoms. The summed E-state index contributed by atoms with van der Waals surface area (Å²) in [5, 5.41) is 3.10. The zero-order chi connectivity index (χ0) is 18.5. The maximum Gasteiger partial charge on any atom is 0.230 e. The van der Waals surface area contributed by atoms with E-state index < -0.39 is 17.0 Å². The van der Waals surface area contributed by atoms with Crippen molar-refractivity contribution in [3.63, 3.8) is 0 Å². The summed E-state index contributed by atoms with van der Waals surface area (Å²) in [6.07, 6.45) is 3.03. The molecule has 6 nitrogen and oxygen atoms in total. The van der Waals surface area contributed by atoms with Crippen LogP contribution in [0.5, 0.6) is 5.75 Å². The van der Waals surface area contributed by atoms with Crippen LogP contribution in [0.15, 0.2) is 48.8 Å². The van der Waals surface area contributed by atoms with Gasteiger partial charge in [-0.2, -0.15) is 4.98 Å². The fourth-order valence-electron chi connectivity index (χ4n) is 2.44. The van der Waals surface area contributed by atoms with Crippen LogP contribution in [0.4, 0.5) is 16.0 Å². The van der Waals surface area contributed by atoms with Crippen LogP contribution in [0, 0.1) is 5.82 Å². The van der Waals surface area contributed by atoms with Crippen molar-refractivity contribution in [2.45, 2.75) is 5.75 Å². The fraction of sp³-hybridized carbons (Fsp3) is 0.167. The predicted molar refractivity (Wildman–Crippen MR) is 99.3 cm³/mol. The van der Waals surface area contributed by atoms with Crippen LogP contribution in [0.3, 0.4) is 0 Å². The van der Waals surface area contributed by atoms with Crippen molar-refractivity contribution < 1.29 is 13.7 Å². The summed E-state index contributed by atoms with van der Waals surface area (Å²) in [6, 6.07) is 11.7. The molecule has 0 spiro atoms. The van der Waals surface area contributed by atoms with Gasteiger partial charge in [0.05, 0.1) is 18.9 Å². The standard InChI is InChI=1S/C18H17FN4O2S/c1-25-16-9-13(19)6-7-15(16)17-20-11-21-18(23-17)22-14-5-3-4-12(8-14)10-26(2)24/h3-9,11H,10H2,1-2H3,(H,20,21,22,23). The Morgan fingerprint density at radius 2 is 2.04 bits per heavy atom. The molecule has 1 heterocycles. The summed E-state index contributed by atoms with van der Waals surface area (Å²) in [5.74, 6) is 1.13. The summed E-state index contributed by atoms with van der Waals surface area (Å²) in [7, 11) is 1.46. The van der Waals surface area contributed by atoms with Crippen molar-refractivity contribution in [1.82, 2.24) is 15.0 Å². The van der Waals surface area contributed by atoms with Gasteiger partial charge in [0.2, 0.25) is 5.95 Å². The van der Waals surface area contributed by atoms with E-state index in [0.29, 0.717) is 28.8 Å². The van der Waals surface area contributed by atoms with Gasteiger partial charge in [-0.25, -0.2) is 14.4 Å². The van der Waals surface area contributed by atoms with Crippen LogP contribution in [-0.4, -0.2) is 32.9 Å². The van der Waals surface area contributed by atoms with Gasteiger partial charge in [-0.1, -0.05) is 23.3 Å². The first-order chi connectivity index (χ1) is 12.5. The third-order valence-electron chi connectivity index (χ3n) is 3.53. The zero-order valence-corrected chi connectivity index (χ0v) is 15.1. The van der Waals surface area contributed by atoms with Crippen molar-refractivity contribution in [2.75, 3.05) is 18.7 Å². The average Bonchev–Trinajstić information content (AvgIpc) is 2.61. The Balaban J connectivity index is 1.87. The molecule has 134 valence electrons. The smallest absolute Gasteiger partial charge is 0.230 e. The lowest BCUT2D eigenvalue weighted by molar-refractivity contribution is 0.412. The molecule has 3 aromatic rings. The van der Waals surface area contributed by atoms with E-state index in [1.54, 1.807) is 12.3 Å². The lowest BCUT2D eigenvalue weighted by Crippen LogP contribution is -2.03. The van der Waals surface area contributed by atoms with E-state index in [-0.39, 0.29) is 0 Å². The van der Waals surface area contributed by atoms with E-state index in [0.717, 1.165) is 11.3 Å². The first-order valence-electron chi connectivity index (χ1n) is 7.74. The Morgan fingerprint density at radius 1 is 1.19 bits per heavy atom. The van der Waals surface area contributed by atoms with Gasteiger partial charge in [-0.3, -0.25) is 0 Å². The molecule has 1 aromatic heterocycles. The van der Waals surface area contributed by atoms with Crippen molar-refractivity contribution in [3.8, 4) is 17.1 Å². The molecule has 0 aliphatic rings. The Bertz CT molecular complexity index is 908. The molecular weight excluding hydrogens is 355 g/mol. The third kappa shape index (κ3) is 4.47. The molecule has 0 saturated carbocycles. The van der Waals surface area contributed by atoms with Crippen LogP contribution < -0.4 is 10.1 Å². The minimum atomic E-state index is -0.919. The minimum absolute atomic E-state index is 0.342. The minimum Gasteiger partial charge on any atom is -0.616 e. The Labute approximate surface area is 153 Å². The molecule has 0 saturated heterocycles. The monoisotopic (exact) mass is 372 g/mol. The average molecular weight is 372 g/mol. The Morgan fingerprint density at radius 3 is 2.81 bits per heavy atom. The largest absolute Gasteiger partial charge is 0.616 e. The highest BCUT2D eigenvalue weighted by atomic mass is 32.2. The van der Waals surface area contributed by atoms with E-state index in [4.69, 9.17) is 4.74 Å². The van der Waals surface area contributed by atoms with Gasteiger partial charge in [0.15, 0.2) is 5.82 Å². The van der Waals surface area contributed by atoms with Gasteiger partial charge in [0.25, 0.3) is 0 Å². The number of hydrogen-bond acceptors (Lipinski definition) is 6. The molecule has 0 aliphatic heterocycles. The van der Waals surface area contributed by atoms with Crippen LogP contribution in [0.2, 0.25) is 0 Å². The number of anilines is 2. The first kappa shape index (κ1) is 18.1. The third-order valence-corrected chi connectivity index (χ3v) is 4.27. The lowest BCUT2D eigenvalue weighted by atomic mass is 10.2. The van der Waals surface area contributed by atoms with Gasteiger partial charge in [-0.15, -0.1) is 0 Å². The van der Waals surface area contributed by atoms with E-state index in [2.05, 4.69) is 20.3 Å². The quantitative estimate of drug-likeness (QED) is 0.669. The number of nitrogens with one attached hydrogen (secondary N) is 1. The topological polar surface area (TPSA) is 83.0 Å². The molecule has 0 radical (unpaired) electrons. The van der Waals surface area contributed by atoms with Crippen LogP contribution in [0.1, 0.15) is 5.56 Å². The number of nitrogens with zero attached hydrogens (tertiary/aromatic N) is 3. The van der Waals surface area contributed by atoms with E-state index in [1.165, 1.54) is 25.6 Å². The molecular formula is C18H17FN4O2S. The number of hydrogen-bond donors (Lipinski definition) is 1. The van der Waals surface area contributed by atoms with E-state index in [1.807, 2.05) is 24.3 Å². The van der Waals surface area contributed by atoms with Gasteiger partial charge >= 0.3 is 0 Å². The SMILES string of the molecule is COc1cc(F)ccc1-c1ncnc(Nc2cccc(C[S+](C)[O-])c2)n1. The highest BCUT2D eigenvalue weighted by Gasteiger charge is 2.11. The number of rotatable bonds is 6. The second kappa shape index (κ2) is 8.11. The summed E-state index contributed by atoms with van der Waals surface area (Å²) < 4.78 is 30.0. The van der Waals surface area contributed by atoms with Crippen molar-refractivity contribution >= 4 is 22.8 Å². The zero-order valence-electron chi connectivity index (χ0n) is 14.3. The van der Waals surface area contributed by atoms with Crippen molar-refractivity contribution in [3.05, 3.63) is 60.2 Å². The molecule has 3 rings (SSSR count). The van der Waals surface area contributed by atoms with Gasteiger partial charge in [0.1, 0.15) is 23.6 Å². The number of ether oxygens (including phenoxy) is 1. The first-order valence-corrected chi connectivity index (χ1v) is 9.47. The summed E-state index contributed by atoms with van der Waals surface area (Å²) in [4.78, 5) is 12.6. The maximum atomic E-state index is 13.4. The number of aromatic nitrogens is 3. The molecule has 1 atom stereocenters. The molecule has 2 aromatic carbocycles. The molecule has 0 amide bonds. The van der Waals surface area contributed by atoms with E-state index in [9.17, 15) is 8.94 Å². The highest BCUT2D eigenvalue weighted by molar-refractivity contribution is 7.89. The second-order valence-corrected chi connectivity index (χ2v) is 6.96. The second-order valence-electron chi connectivity index (χ2n) is 5.52. The number of halogens is 1. The normalized spacial score (nSPS) is 11.8. The van der Waals surface area contributed by atoms with Crippen LogP contribution >= 0.6 is 0 Å². The van der Waals surface area contributed by atoms with Gasteiger partial charge in [0, 0.05) is 17.3 Å². The maximum absolute atomic E-state index is 13.4. The molecule has 1 unspecified atom stereocenters. The van der Waals surface area contributed by atoms with Crippen LogP contribution in [-0.2, 0) is 16.9 Å². The predicted octanol–water partition coefficient (Wildman–Crippen LogP) is 3.31. The molecule has 8 heteroatoms. The number of benzene rings is 2. The lowest BCUT2D eigenvalue weighted by Gasteiger charge is -2.10. The van der Waals surface area contributed by atoms with Crippen LogP contribution in [0.25, 0.3) is 11.4 Å². The molecule has 0 fully saturated rings. The van der Waals surface area contributed by atoms with Crippen molar-refractivity contribution in [2.24, 2.45) is 0 Å². The Hall–Kier alpha value is -2.71. The van der Waals surface area contributed by atoms with Crippen molar-refractivity contribution in [1.29, 1.82) is 0 Å². The summed E-state index contributed by atoms with van der Waals surface area (Å²) in [5.41, 5.74) is 2.29. The molecule has 0 aliphatic carbocycles. The Kier molecular flexibility index (Phi) is 5.65. The molecule has 1 N–H and O–H groups in total. The summed E-state index contributed by atoms with van der Waals surface area (Å²) in [6.45, 7) is 0. The van der Waals surface area contributed by atoms with E-state index >= 15 is 0 Å². The molecule has 26 heavy (non-hydrogen) atoms.